The second kappa shape index (κ2) is 12.8. The maximum Gasteiger partial charge on any atom is 0.417 e. The molecule has 0 spiro atoms. The minimum Gasteiger partial charge on any atom is -0.481 e. The Morgan fingerprint density at radius 2 is 1.93 bits per heavy atom. The molecule has 1 aromatic carbocycles. The third-order valence-corrected chi connectivity index (χ3v) is 9.31. The summed E-state index contributed by atoms with van der Waals surface area (Å²) in [6.07, 6.45) is -3.76. The van der Waals surface area contributed by atoms with Gasteiger partial charge in [-0.15, -0.1) is 0 Å². The van der Waals surface area contributed by atoms with Gasteiger partial charge in [-0.25, -0.2) is 9.78 Å². The Morgan fingerprint density at radius 1 is 1.23 bits per heavy atom. The summed E-state index contributed by atoms with van der Waals surface area (Å²) in [6.45, 7) is 9.13. The molecule has 12 heteroatoms. The predicted octanol–water partition coefficient (Wildman–Crippen LogP) is 7.00. The number of rotatable bonds is 8. The maximum atomic E-state index is 14.5. The van der Waals surface area contributed by atoms with Crippen LogP contribution in [0.1, 0.15) is 81.7 Å². The Hall–Kier alpha value is -2.89. The predicted molar refractivity (Wildman–Crippen MR) is 157 cm³/mol. The molecule has 1 amide bonds. The molecule has 1 N–H and O–H groups in total. The highest BCUT2D eigenvalue weighted by atomic mass is 35.5. The molecule has 3 heterocycles. The van der Waals surface area contributed by atoms with E-state index in [4.69, 9.17) is 25.8 Å². The average molecular weight is 641 g/mol. The van der Waals surface area contributed by atoms with Gasteiger partial charge in [0.2, 0.25) is 5.88 Å². The number of carboxylic acids is 1. The molecule has 2 aliphatic rings. The molecule has 0 aliphatic carbocycles. The highest BCUT2D eigenvalue weighted by Crippen LogP contribution is 2.57. The number of benzene rings is 1. The van der Waals surface area contributed by atoms with E-state index < -0.39 is 58.7 Å². The van der Waals surface area contributed by atoms with E-state index in [1.54, 1.807) is 32.0 Å². The Morgan fingerprint density at radius 3 is 2.48 bits per heavy atom. The summed E-state index contributed by atoms with van der Waals surface area (Å²) in [7, 11) is 1.29. The van der Waals surface area contributed by atoms with Gasteiger partial charge in [0.05, 0.1) is 31.4 Å². The molecule has 2 aromatic rings. The number of ether oxygens (including phenoxy) is 3. The summed E-state index contributed by atoms with van der Waals surface area (Å²) in [6, 6.07) is 5.17. The summed E-state index contributed by atoms with van der Waals surface area (Å²) >= 11 is 6.57. The number of carbonyl (C=O) groups is 2. The molecule has 2 saturated heterocycles. The van der Waals surface area contributed by atoms with Gasteiger partial charge in [0.1, 0.15) is 11.6 Å². The van der Waals surface area contributed by atoms with Crippen molar-refractivity contribution in [2.24, 2.45) is 11.3 Å². The lowest BCUT2D eigenvalue weighted by Gasteiger charge is -2.45. The van der Waals surface area contributed by atoms with Crippen LogP contribution in [0.5, 0.6) is 5.88 Å². The summed E-state index contributed by atoms with van der Waals surface area (Å²) in [4.78, 5) is 33.3. The van der Waals surface area contributed by atoms with Gasteiger partial charge in [-0.1, -0.05) is 51.4 Å². The van der Waals surface area contributed by atoms with Crippen molar-refractivity contribution in [2.45, 2.75) is 96.9 Å². The lowest BCUT2D eigenvalue weighted by atomic mass is 9.66. The number of amides is 1. The minimum absolute atomic E-state index is 0.0364. The first kappa shape index (κ1) is 34.0. The third kappa shape index (κ3) is 6.15. The molecule has 1 unspecified atom stereocenters. The summed E-state index contributed by atoms with van der Waals surface area (Å²) in [5, 5.41) is 11.5. The zero-order valence-electron chi connectivity index (χ0n) is 25.8. The number of hydrogen-bond acceptors (Lipinski definition) is 6. The Kier molecular flexibility index (Phi) is 9.92. The standard InChI is InChI=1S/C32H40ClF3N2O6/c1-7-31(29(40)41)26(30(3,4)5)25(44-17-19-15-20(32(34,35)36)16-37-27(19)42-6)24(21-11-10-12-22(33)18(21)2)38(31)28(39)23-13-8-9-14-43-23/h10-12,15-16,23-26H,7-9,13-14,17H2,1-6H3,(H,40,41)/t23?,24-,25+,26+,31-/m0/s1. The molecular weight excluding hydrogens is 601 g/mol. The number of aliphatic carboxylic acids is 1. The summed E-state index contributed by atoms with van der Waals surface area (Å²) in [5.74, 6) is -2.52. The van der Waals surface area contributed by atoms with Crippen molar-refractivity contribution in [3.05, 3.63) is 57.7 Å². The zero-order valence-corrected chi connectivity index (χ0v) is 26.6. The lowest BCUT2D eigenvalue weighted by molar-refractivity contribution is -0.170. The number of carboxylic acid groups (broad SMARTS) is 1. The molecular formula is C32H40ClF3N2O6. The van der Waals surface area contributed by atoms with Gasteiger partial charge in [0.25, 0.3) is 5.91 Å². The number of hydrogen-bond donors (Lipinski definition) is 1. The fourth-order valence-electron chi connectivity index (χ4n) is 6.98. The monoisotopic (exact) mass is 640 g/mol. The number of halogens is 4. The fraction of sp³-hybridized carbons (Fsp3) is 0.594. The van der Waals surface area contributed by atoms with Crippen LogP contribution in [0.2, 0.25) is 5.02 Å². The molecule has 5 atom stereocenters. The van der Waals surface area contributed by atoms with Crippen molar-refractivity contribution in [2.75, 3.05) is 13.7 Å². The van der Waals surface area contributed by atoms with Crippen LogP contribution in [0, 0.1) is 18.3 Å². The molecule has 4 rings (SSSR count). The van der Waals surface area contributed by atoms with E-state index in [0.29, 0.717) is 35.4 Å². The van der Waals surface area contributed by atoms with Crippen molar-refractivity contribution < 1.29 is 42.1 Å². The van der Waals surface area contributed by atoms with E-state index in [0.717, 1.165) is 18.9 Å². The Balaban J connectivity index is 1.95. The number of pyridine rings is 1. The molecule has 1 aromatic heterocycles. The summed E-state index contributed by atoms with van der Waals surface area (Å²) in [5.41, 5.74) is -2.20. The van der Waals surface area contributed by atoms with Crippen molar-refractivity contribution in [1.82, 2.24) is 9.88 Å². The van der Waals surface area contributed by atoms with Gasteiger partial charge in [0, 0.05) is 29.3 Å². The van der Waals surface area contributed by atoms with Gasteiger partial charge in [0.15, 0.2) is 0 Å². The smallest absolute Gasteiger partial charge is 0.417 e. The molecule has 242 valence electrons. The number of carbonyl (C=O) groups excluding carboxylic acids is 1. The van der Waals surface area contributed by atoms with Gasteiger partial charge in [-0.05, 0) is 61.3 Å². The topological polar surface area (TPSA) is 98.2 Å². The van der Waals surface area contributed by atoms with Crippen molar-refractivity contribution in [3.63, 3.8) is 0 Å². The van der Waals surface area contributed by atoms with Crippen LogP contribution in [-0.4, -0.2) is 58.3 Å². The van der Waals surface area contributed by atoms with Crippen molar-refractivity contribution in [3.8, 4) is 5.88 Å². The van der Waals surface area contributed by atoms with Gasteiger partial charge < -0.3 is 24.2 Å². The van der Waals surface area contributed by atoms with E-state index in [1.807, 2.05) is 20.8 Å². The molecule has 0 radical (unpaired) electrons. The van der Waals surface area contributed by atoms with E-state index in [1.165, 1.54) is 12.0 Å². The number of nitrogens with zero attached hydrogens (tertiary/aromatic N) is 2. The maximum absolute atomic E-state index is 14.5. The van der Waals surface area contributed by atoms with Gasteiger partial charge in [-0.2, -0.15) is 13.2 Å². The molecule has 0 bridgehead atoms. The second-order valence-corrected chi connectivity index (χ2v) is 13.0. The van der Waals surface area contributed by atoms with Crippen LogP contribution in [0.25, 0.3) is 0 Å². The zero-order chi connectivity index (χ0) is 32.6. The van der Waals surface area contributed by atoms with Crippen molar-refractivity contribution in [1.29, 1.82) is 0 Å². The first-order valence-corrected chi connectivity index (χ1v) is 15.1. The van der Waals surface area contributed by atoms with E-state index in [9.17, 15) is 27.9 Å². The Bertz CT molecular complexity index is 1370. The van der Waals surface area contributed by atoms with Crippen LogP contribution >= 0.6 is 11.6 Å². The minimum atomic E-state index is -4.65. The third-order valence-electron chi connectivity index (χ3n) is 8.90. The van der Waals surface area contributed by atoms with Crippen molar-refractivity contribution >= 4 is 23.5 Å². The largest absolute Gasteiger partial charge is 0.481 e. The normalized spacial score (nSPS) is 26.1. The van der Waals surface area contributed by atoms with Crippen LogP contribution in [0.15, 0.2) is 30.5 Å². The number of aromatic nitrogens is 1. The average Bonchev–Trinajstić information content (AvgIpc) is 3.28. The number of alkyl halides is 3. The van der Waals surface area contributed by atoms with Crippen LogP contribution in [0.4, 0.5) is 13.2 Å². The number of methoxy groups -OCH3 is 1. The molecule has 0 saturated carbocycles. The quantitative estimate of drug-likeness (QED) is 0.332. The lowest BCUT2D eigenvalue weighted by Crippen LogP contribution is -2.61. The van der Waals surface area contributed by atoms with E-state index in [-0.39, 0.29) is 24.5 Å². The van der Waals surface area contributed by atoms with Crippen LogP contribution in [-0.2, 0) is 31.8 Å². The van der Waals surface area contributed by atoms with E-state index in [2.05, 4.69) is 4.98 Å². The highest BCUT2D eigenvalue weighted by Gasteiger charge is 2.68. The first-order chi connectivity index (χ1) is 20.6. The highest BCUT2D eigenvalue weighted by molar-refractivity contribution is 6.31. The Labute approximate surface area is 260 Å². The SMILES string of the molecule is CC[C@@]1(C(=O)O)[C@@H](C(C)(C)C)[C@H](OCc2cc(C(F)(F)F)cnc2OC)[C@H](c2cccc(Cl)c2C)N1C(=O)C1CCCCO1. The fourth-order valence-corrected chi connectivity index (χ4v) is 7.17. The molecule has 2 aliphatic heterocycles. The summed E-state index contributed by atoms with van der Waals surface area (Å²) < 4.78 is 58.6. The van der Waals surface area contributed by atoms with Gasteiger partial charge >= 0.3 is 12.1 Å². The first-order valence-electron chi connectivity index (χ1n) is 14.7. The van der Waals surface area contributed by atoms with Crippen LogP contribution in [0.3, 0.4) is 0 Å². The van der Waals surface area contributed by atoms with E-state index >= 15 is 0 Å². The molecule has 8 nitrogen and oxygen atoms in total. The number of likely N-dealkylation sites (tertiary alicyclic amines) is 1. The molecule has 2 fully saturated rings. The van der Waals surface area contributed by atoms with Crippen LogP contribution < -0.4 is 4.74 Å². The second-order valence-electron chi connectivity index (χ2n) is 12.6. The van der Waals surface area contributed by atoms with Gasteiger partial charge in [-0.3, -0.25) is 4.79 Å². The molecule has 44 heavy (non-hydrogen) atoms.